The molecule has 0 bridgehead atoms. The smallest absolute Gasteiger partial charge is 0.327 e. The van der Waals surface area contributed by atoms with Crippen LogP contribution in [0, 0.1) is 0 Å². The summed E-state index contributed by atoms with van der Waals surface area (Å²) in [6.07, 6.45) is 0. The van der Waals surface area contributed by atoms with Gasteiger partial charge in [-0.05, 0) is 30.3 Å². The Labute approximate surface area is 141 Å². The number of nitrogens with zero attached hydrogens (tertiary/aromatic N) is 2. The number of rotatable bonds is 6. The predicted molar refractivity (Wildman–Crippen MR) is 87.3 cm³/mol. The first-order valence-electron chi connectivity index (χ1n) is 6.42. The summed E-state index contributed by atoms with van der Waals surface area (Å²) in [7, 11) is 0. The SMILES string of the molecule is O=C(O)CN=NNc1ccc(Cl)cc1C(=O)c1ccccc1Cl. The molecule has 2 rings (SSSR count). The molecular weight excluding hydrogens is 341 g/mol. The Bertz CT molecular complexity index is 778. The standard InChI is InChI=1S/C15H11Cl2N3O3/c16-9-5-6-13(19-20-18-8-14(21)22)11(7-9)15(23)10-3-1-2-4-12(10)17/h1-7H,8H2,(H,18,19)(H,21,22). The Morgan fingerprint density at radius 1 is 1.09 bits per heavy atom. The van der Waals surface area contributed by atoms with Crippen molar-refractivity contribution in [2.45, 2.75) is 0 Å². The molecule has 2 aromatic carbocycles. The van der Waals surface area contributed by atoms with Crippen molar-refractivity contribution in [2.24, 2.45) is 10.3 Å². The summed E-state index contributed by atoms with van der Waals surface area (Å²) in [5, 5.41) is 16.1. The summed E-state index contributed by atoms with van der Waals surface area (Å²) in [5.41, 5.74) is 3.45. The van der Waals surface area contributed by atoms with Gasteiger partial charge in [0.2, 0.25) is 0 Å². The quantitative estimate of drug-likeness (QED) is 0.465. The van der Waals surface area contributed by atoms with E-state index < -0.39 is 12.5 Å². The van der Waals surface area contributed by atoms with Crippen molar-refractivity contribution in [3.63, 3.8) is 0 Å². The van der Waals surface area contributed by atoms with Crippen LogP contribution in [0.15, 0.2) is 52.8 Å². The number of anilines is 1. The number of carboxylic acid groups (broad SMARTS) is 1. The number of carbonyl (C=O) groups is 2. The molecule has 6 nitrogen and oxygen atoms in total. The van der Waals surface area contributed by atoms with E-state index in [0.717, 1.165) is 0 Å². The van der Waals surface area contributed by atoms with Gasteiger partial charge in [-0.25, -0.2) is 0 Å². The van der Waals surface area contributed by atoms with Crippen molar-refractivity contribution in [2.75, 3.05) is 12.0 Å². The molecule has 0 spiro atoms. The molecule has 0 aliphatic heterocycles. The molecule has 0 radical (unpaired) electrons. The van der Waals surface area contributed by atoms with Crippen LogP contribution in [0.4, 0.5) is 5.69 Å². The molecule has 2 N–H and O–H groups in total. The lowest BCUT2D eigenvalue weighted by Crippen LogP contribution is -2.06. The lowest BCUT2D eigenvalue weighted by atomic mass is 10.0. The summed E-state index contributed by atoms with van der Waals surface area (Å²) in [4.78, 5) is 23.0. The monoisotopic (exact) mass is 351 g/mol. The van der Waals surface area contributed by atoms with Crippen molar-refractivity contribution in [1.29, 1.82) is 0 Å². The minimum Gasteiger partial charge on any atom is -0.480 e. The highest BCUT2D eigenvalue weighted by Gasteiger charge is 2.16. The summed E-state index contributed by atoms with van der Waals surface area (Å²) < 4.78 is 0. The molecule has 0 amide bonds. The van der Waals surface area contributed by atoms with E-state index in [4.69, 9.17) is 28.3 Å². The Hall–Kier alpha value is -2.44. The maximum absolute atomic E-state index is 12.6. The molecule has 0 fully saturated rings. The number of carbonyl (C=O) groups excluding carboxylic acids is 1. The minimum absolute atomic E-state index is 0.250. The first kappa shape index (κ1) is 16.9. The van der Waals surface area contributed by atoms with Gasteiger partial charge in [0.15, 0.2) is 12.3 Å². The van der Waals surface area contributed by atoms with Crippen molar-refractivity contribution in [1.82, 2.24) is 0 Å². The van der Waals surface area contributed by atoms with E-state index in [1.807, 2.05) is 0 Å². The number of halogens is 2. The van der Waals surface area contributed by atoms with E-state index in [2.05, 4.69) is 15.8 Å². The average Bonchev–Trinajstić information content (AvgIpc) is 2.52. The fourth-order valence-corrected chi connectivity index (χ4v) is 2.17. The summed E-state index contributed by atoms with van der Waals surface area (Å²) in [5.74, 6) is -1.45. The summed E-state index contributed by atoms with van der Waals surface area (Å²) >= 11 is 12.0. The third-order valence-electron chi connectivity index (χ3n) is 2.79. The Morgan fingerprint density at radius 2 is 1.83 bits per heavy atom. The van der Waals surface area contributed by atoms with Gasteiger partial charge in [0.05, 0.1) is 10.7 Å². The molecule has 118 valence electrons. The van der Waals surface area contributed by atoms with Crippen LogP contribution in [-0.2, 0) is 4.79 Å². The lowest BCUT2D eigenvalue weighted by molar-refractivity contribution is -0.135. The van der Waals surface area contributed by atoms with Gasteiger partial charge in [0.25, 0.3) is 0 Å². The number of ketones is 1. The lowest BCUT2D eigenvalue weighted by Gasteiger charge is -2.09. The molecule has 0 atom stereocenters. The van der Waals surface area contributed by atoms with E-state index in [1.54, 1.807) is 36.4 Å². The molecule has 0 saturated heterocycles. The van der Waals surface area contributed by atoms with Crippen LogP contribution in [0.2, 0.25) is 10.0 Å². The van der Waals surface area contributed by atoms with Gasteiger partial charge < -0.3 is 5.11 Å². The van der Waals surface area contributed by atoms with Gasteiger partial charge in [0, 0.05) is 16.1 Å². The van der Waals surface area contributed by atoms with E-state index in [1.165, 1.54) is 6.07 Å². The third-order valence-corrected chi connectivity index (χ3v) is 3.36. The largest absolute Gasteiger partial charge is 0.480 e. The van der Waals surface area contributed by atoms with E-state index >= 15 is 0 Å². The molecule has 0 aliphatic carbocycles. The van der Waals surface area contributed by atoms with Gasteiger partial charge in [0.1, 0.15) is 0 Å². The van der Waals surface area contributed by atoms with Gasteiger partial charge in [-0.2, -0.15) is 5.11 Å². The molecule has 0 unspecified atom stereocenters. The minimum atomic E-state index is -1.11. The van der Waals surface area contributed by atoms with Crippen LogP contribution < -0.4 is 5.43 Å². The molecular formula is C15H11Cl2N3O3. The predicted octanol–water partition coefficient (Wildman–Crippen LogP) is 4.09. The normalized spacial score (nSPS) is 10.7. The van der Waals surface area contributed by atoms with Crippen molar-refractivity contribution < 1.29 is 14.7 Å². The Balaban J connectivity index is 2.32. The van der Waals surface area contributed by atoms with Crippen LogP contribution in [0.25, 0.3) is 0 Å². The van der Waals surface area contributed by atoms with E-state index in [-0.39, 0.29) is 11.3 Å². The number of hydrogen-bond donors (Lipinski definition) is 2. The summed E-state index contributed by atoms with van der Waals surface area (Å²) in [6.45, 7) is -0.478. The Morgan fingerprint density at radius 3 is 2.52 bits per heavy atom. The second kappa shape index (κ2) is 7.71. The first-order valence-corrected chi connectivity index (χ1v) is 7.17. The highest BCUT2D eigenvalue weighted by molar-refractivity contribution is 6.35. The van der Waals surface area contributed by atoms with Gasteiger partial charge in [-0.15, -0.1) is 0 Å². The highest BCUT2D eigenvalue weighted by Crippen LogP contribution is 2.26. The zero-order valence-corrected chi connectivity index (χ0v) is 13.2. The van der Waals surface area contributed by atoms with Crippen LogP contribution >= 0.6 is 23.2 Å². The zero-order chi connectivity index (χ0) is 16.8. The van der Waals surface area contributed by atoms with Crippen LogP contribution in [0.1, 0.15) is 15.9 Å². The molecule has 0 aromatic heterocycles. The first-order chi connectivity index (χ1) is 11.0. The number of nitrogens with one attached hydrogen (secondary N) is 1. The van der Waals surface area contributed by atoms with Crippen LogP contribution in [-0.4, -0.2) is 23.4 Å². The average molecular weight is 352 g/mol. The number of aliphatic carboxylic acids is 1. The zero-order valence-electron chi connectivity index (χ0n) is 11.7. The topological polar surface area (TPSA) is 91.1 Å². The highest BCUT2D eigenvalue weighted by atomic mass is 35.5. The van der Waals surface area contributed by atoms with Crippen LogP contribution in [0.3, 0.4) is 0 Å². The number of hydrogen-bond acceptors (Lipinski definition) is 4. The van der Waals surface area contributed by atoms with Crippen molar-refractivity contribution in [3.8, 4) is 0 Å². The maximum atomic E-state index is 12.6. The van der Waals surface area contributed by atoms with E-state index in [9.17, 15) is 9.59 Å². The van der Waals surface area contributed by atoms with Gasteiger partial charge in [-0.3, -0.25) is 15.0 Å². The molecule has 23 heavy (non-hydrogen) atoms. The van der Waals surface area contributed by atoms with Crippen molar-refractivity contribution in [3.05, 3.63) is 63.6 Å². The third kappa shape index (κ3) is 4.51. The molecule has 8 heteroatoms. The second-order valence-corrected chi connectivity index (χ2v) is 5.25. The second-order valence-electron chi connectivity index (χ2n) is 4.40. The van der Waals surface area contributed by atoms with Crippen molar-refractivity contribution >= 4 is 40.6 Å². The molecule has 2 aromatic rings. The molecule has 0 aliphatic rings. The fourth-order valence-electron chi connectivity index (χ4n) is 1.78. The fraction of sp³-hybridized carbons (Fsp3) is 0.0667. The molecule has 0 saturated carbocycles. The number of carboxylic acids is 1. The Kier molecular flexibility index (Phi) is 5.67. The number of benzene rings is 2. The van der Waals surface area contributed by atoms with E-state index in [0.29, 0.717) is 21.3 Å². The summed E-state index contributed by atoms with van der Waals surface area (Å²) in [6, 6.07) is 11.2. The van der Waals surface area contributed by atoms with Gasteiger partial charge in [-0.1, -0.05) is 40.6 Å². The van der Waals surface area contributed by atoms with Gasteiger partial charge >= 0.3 is 5.97 Å². The maximum Gasteiger partial charge on any atom is 0.327 e. The van der Waals surface area contributed by atoms with Crippen LogP contribution in [0.5, 0.6) is 0 Å². The molecule has 0 heterocycles.